The summed E-state index contributed by atoms with van der Waals surface area (Å²) in [6.45, 7) is 0.551. The van der Waals surface area contributed by atoms with E-state index in [1.54, 1.807) is 6.07 Å². The second-order valence-electron chi connectivity index (χ2n) is 4.18. The van der Waals surface area contributed by atoms with E-state index in [0.29, 0.717) is 17.8 Å². The number of carbonyl (C=O) groups is 1. The molecule has 0 saturated carbocycles. The molecule has 0 atom stereocenters. The number of pyridine rings is 1. The number of benzene rings is 1. The fraction of sp³-hybridized carbons (Fsp3) is 0.133. The molecule has 100 valence electrons. The lowest BCUT2D eigenvalue weighted by molar-refractivity contribution is 0.0954. The third-order valence-electron chi connectivity index (χ3n) is 2.73. The van der Waals surface area contributed by atoms with Gasteiger partial charge in [-0.25, -0.2) is 4.98 Å². The standard InChI is InChI=1S/C15H12BrN3O/c16-13-3-1-2-11(8-13)6-7-18-15(20)12-4-5-14(9-17)19-10-12/h1-5,8,10H,6-7H2,(H,18,20). The van der Waals surface area contributed by atoms with E-state index in [1.165, 1.54) is 12.3 Å². The zero-order valence-electron chi connectivity index (χ0n) is 10.6. The molecule has 20 heavy (non-hydrogen) atoms. The van der Waals surface area contributed by atoms with Gasteiger partial charge in [0.2, 0.25) is 0 Å². The van der Waals surface area contributed by atoms with Crippen LogP contribution >= 0.6 is 15.9 Å². The van der Waals surface area contributed by atoms with Crippen LogP contribution < -0.4 is 5.32 Å². The predicted octanol–water partition coefficient (Wildman–Crippen LogP) is 2.69. The topological polar surface area (TPSA) is 65.8 Å². The van der Waals surface area contributed by atoms with Crippen LogP contribution in [0.5, 0.6) is 0 Å². The highest BCUT2D eigenvalue weighted by Crippen LogP contribution is 2.11. The van der Waals surface area contributed by atoms with Gasteiger partial charge in [0.15, 0.2) is 0 Å². The Kier molecular flexibility index (Phi) is 4.85. The number of nitriles is 1. The van der Waals surface area contributed by atoms with Crippen molar-refractivity contribution in [2.24, 2.45) is 0 Å². The summed E-state index contributed by atoms with van der Waals surface area (Å²) in [5.74, 6) is -0.183. The number of halogens is 1. The van der Waals surface area contributed by atoms with Crippen molar-refractivity contribution in [2.45, 2.75) is 6.42 Å². The van der Waals surface area contributed by atoms with Gasteiger partial charge in [0.1, 0.15) is 11.8 Å². The maximum Gasteiger partial charge on any atom is 0.252 e. The van der Waals surface area contributed by atoms with Gasteiger partial charge in [-0.3, -0.25) is 4.79 Å². The Morgan fingerprint density at radius 3 is 2.85 bits per heavy atom. The van der Waals surface area contributed by atoms with Crippen LogP contribution in [-0.4, -0.2) is 17.4 Å². The third kappa shape index (κ3) is 3.90. The minimum atomic E-state index is -0.183. The van der Waals surface area contributed by atoms with Crippen LogP contribution in [0.4, 0.5) is 0 Å². The molecule has 5 heteroatoms. The molecular weight excluding hydrogens is 318 g/mol. The third-order valence-corrected chi connectivity index (χ3v) is 3.22. The molecule has 1 N–H and O–H groups in total. The monoisotopic (exact) mass is 329 g/mol. The largest absolute Gasteiger partial charge is 0.352 e. The summed E-state index contributed by atoms with van der Waals surface area (Å²) in [5.41, 5.74) is 1.91. The second-order valence-corrected chi connectivity index (χ2v) is 5.10. The lowest BCUT2D eigenvalue weighted by Gasteiger charge is -2.05. The molecule has 0 bridgehead atoms. The zero-order chi connectivity index (χ0) is 14.4. The Hall–Kier alpha value is -2.19. The minimum Gasteiger partial charge on any atom is -0.352 e. The SMILES string of the molecule is N#Cc1ccc(C(=O)NCCc2cccc(Br)c2)cn1. The number of nitrogens with zero attached hydrogens (tertiary/aromatic N) is 2. The molecular formula is C15H12BrN3O. The van der Waals surface area contributed by atoms with E-state index in [2.05, 4.69) is 26.2 Å². The average molecular weight is 330 g/mol. The van der Waals surface area contributed by atoms with E-state index in [1.807, 2.05) is 30.3 Å². The minimum absolute atomic E-state index is 0.183. The number of rotatable bonds is 4. The number of hydrogen-bond donors (Lipinski definition) is 1. The highest BCUT2D eigenvalue weighted by molar-refractivity contribution is 9.10. The Labute approximate surface area is 125 Å². The van der Waals surface area contributed by atoms with Gasteiger partial charge in [-0.1, -0.05) is 28.1 Å². The number of hydrogen-bond acceptors (Lipinski definition) is 3. The normalized spacial score (nSPS) is 9.80. The fourth-order valence-corrected chi connectivity index (χ4v) is 2.16. The van der Waals surface area contributed by atoms with Crippen molar-refractivity contribution in [3.05, 3.63) is 63.9 Å². The van der Waals surface area contributed by atoms with Gasteiger partial charge in [-0.05, 0) is 36.2 Å². The van der Waals surface area contributed by atoms with Crippen LogP contribution in [0.3, 0.4) is 0 Å². The van der Waals surface area contributed by atoms with E-state index >= 15 is 0 Å². The molecule has 0 aliphatic heterocycles. The molecule has 4 nitrogen and oxygen atoms in total. The highest BCUT2D eigenvalue weighted by Gasteiger charge is 2.05. The molecule has 0 radical (unpaired) electrons. The summed E-state index contributed by atoms with van der Waals surface area (Å²) in [5, 5.41) is 11.5. The second kappa shape index (κ2) is 6.83. The first-order chi connectivity index (χ1) is 9.69. The Morgan fingerprint density at radius 1 is 1.35 bits per heavy atom. The van der Waals surface area contributed by atoms with E-state index < -0.39 is 0 Å². The number of carbonyl (C=O) groups excluding carboxylic acids is 1. The molecule has 0 aliphatic carbocycles. The first-order valence-corrected chi connectivity index (χ1v) is 6.87. The van der Waals surface area contributed by atoms with Gasteiger partial charge >= 0.3 is 0 Å². The summed E-state index contributed by atoms with van der Waals surface area (Å²) in [4.78, 5) is 15.7. The maximum atomic E-state index is 11.9. The molecule has 2 rings (SSSR count). The van der Waals surface area contributed by atoms with E-state index in [9.17, 15) is 4.79 Å². The van der Waals surface area contributed by atoms with Crippen molar-refractivity contribution in [1.29, 1.82) is 5.26 Å². The van der Waals surface area contributed by atoms with Crippen molar-refractivity contribution in [1.82, 2.24) is 10.3 Å². The van der Waals surface area contributed by atoms with Crippen LogP contribution in [0, 0.1) is 11.3 Å². The molecule has 1 aromatic carbocycles. The van der Waals surface area contributed by atoms with Crippen molar-refractivity contribution in [2.75, 3.05) is 6.54 Å². The summed E-state index contributed by atoms with van der Waals surface area (Å²) in [7, 11) is 0. The highest BCUT2D eigenvalue weighted by atomic mass is 79.9. The van der Waals surface area contributed by atoms with Gasteiger partial charge < -0.3 is 5.32 Å². The first kappa shape index (κ1) is 14.2. The van der Waals surface area contributed by atoms with Crippen molar-refractivity contribution < 1.29 is 4.79 Å². The Balaban J connectivity index is 1.87. The van der Waals surface area contributed by atoms with E-state index in [0.717, 1.165) is 16.5 Å². The van der Waals surface area contributed by atoms with Gasteiger partial charge in [-0.15, -0.1) is 0 Å². The molecule has 0 unspecified atom stereocenters. The average Bonchev–Trinajstić information content (AvgIpc) is 2.47. The molecule has 1 amide bonds. The summed E-state index contributed by atoms with van der Waals surface area (Å²) >= 11 is 3.41. The van der Waals surface area contributed by atoms with Gasteiger partial charge in [0.05, 0.1) is 5.56 Å². The predicted molar refractivity (Wildman–Crippen MR) is 79.1 cm³/mol. The fourth-order valence-electron chi connectivity index (χ4n) is 1.71. The zero-order valence-corrected chi connectivity index (χ0v) is 12.2. The Bertz CT molecular complexity index is 647. The van der Waals surface area contributed by atoms with Crippen molar-refractivity contribution >= 4 is 21.8 Å². The molecule has 0 aliphatic rings. The maximum absolute atomic E-state index is 11.9. The van der Waals surface area contributed by atoms with E-state index in [-0.39, 0.29) is 5.91 Å². The molecule has 0 saturated heterocycles. The number of amides is 1. The number of aromatic nitrogens is 1. The van der Waals surface area contributed by atoms with Gasteiger partial charge in [-0.2, -0.15) is 5.26 Å². The molecule has 0 spiro atoms. The van der Waals surface area contributed by atoms with Crippen molar-refractivity contribution in [3.63, 3.8) is 0 Å². The smallest absolute Gasteiger partial charge is 0.252 e. The van der Waals surface area contributed by atoms with Crippen LogP contribution in [0.1, 0.15) is 21.6 Å². The van der Waals surface area contributed by atoms with Crippen molar-refractivity contribution in [3.8, 4) is 6.07 Å². The molecule has 1 aromatic heterocycles. The quantitative estimate of drug-likeness (QED) is 0.937. The number of nitrogens with one attached hydrogen (secondary N) is 1. The lowest BCUT2D eigenvalue weighted by atomic mass is 10.1. The Morgan fingerprint density at radius 2 is 2.20 bits per heavy atom. The molecule has 0 fully saturated rings. The summed E-state index contributed by atoms with van der Waals surface area (Å²) in [6.07, 6.45) is 2.17. The van der Waals surface area contributed by atoms with Gasteiger partial charge in [0.25, 0.3) is 5.91 Å². The van der Waals surface area contributed by atoms with E-state index in [4.69, 9.17) is 5.26 Å². The summed E-state index contributed by atoms with van der Waals surface area (Å²) in [6, 6.07) is 13.0. The van der Waals surface area contributed by atoms with Gasteiger partial charge in [0, 0.05) is 17.2 Å². The molecule has 1 heterocycles. The molecule has 2 aromatic rings. The van der Waals surface area contributed by atoms with Crippen LogP contribution in [-0.2, 0) is 6.42 Å². The van der Waals surface area contributed by atoms with Crippen LogP contribution in [0.25, 0.3) is 0 Å². The first-order valence-electron chi connectivity index (χ1n) is 6.08. The van der Waals surface area contributed by atoms with Crippen LogP contribution in [0.2, 0.25) is 0 Å². The summed E-state index contributed by atoms with van der Waals surface area (Å²) < 4.78 is 1.03. The lowest BCUT2D eigenvalue weighted by Crippen LogP contribution is -2.25. The van der Waals surface area contributed by atoms with Crippen LogP contribution in [0.15, 0.2) is 47.1 Å².